The molecule has 0 spiro atoms. The number of hydrogen-bond donors (Lipinski definition) is 1. The normalized spacial score (nSPS) is 13.0. The summed E-state index contributed by atoms with van der Waals surface area (Å²) in [5.41, 5.74) is 0.724. The summed E-state index contributed by atoms with van der Waals surface area (Å²) in [4.78, 5) is 27.7. The Morgan fingerprint density at radius 3 is 2.43 bits per heavy atom. The Bertz CT molecular complexity index is 1160. The Morgan fingerprint density at radius 1 is 1.17 bits per heavy atom. The second-order valence-corrected chi connectivity index (χ2v) is 10.5. The van der Waals surface area contributed by atoms with E-state index in [4.69, 9.17) is 16.3 Å². The number of anilines is 1. The number of benzene rings is 2. The topological polar surface area (TPSA) is 96.0 Å². The van der Waals surface area contributed by atoms with Gasteiger partial charge in [-0.2, -0.15) is 0 Å². The number of rotatable bonds is 11. The smallest absolute Gasteiger partial charge is 0.244 e. The van der Waals surface area contributed by atoms with Crippen molar-refractivity contribution in [2.75, 3.05) is 24.2 Å². The summed E-state index contributed by atoms with van der Waals surface area (Å²) >= 11 is 5.84. The molecule has 0 aliphatic rings. The van der Waals surface area contributed by atoms with Crippen LogP contribution < -0.4 is 14.4 Å². The zero-order chi connectivity index (χ0) is 26.3. The van der Waals surface area contributed by atoms with Gasteiger partial charge in [0.2, 0.25) is 21.8 Å². The lowest BCUT2D eigenvalue weighted by Crippen LogP contribution is -2.52. The molecule has 0 aliphatic heterocycles. The van der Waals surface area contributed by atoms with Gasteiger partial charge in [0.05, 0.1) is 24.1 Å². The lowest BCUT2D eigenvalue weighted by atomic mass is 10.1. The van der Waals surface area contributed by atoms with E-state index in [0.717, 1.165) is 22.7 Å². The molecule has 0 bridgehead atoms. The van der Waals surface area contributed by atoms with Gasteiger partial charge in [0, 0.05) is 12.6 Å². The molecule has 2 aromatic rings. The minimum Gasteiger partial charge on any atom is -0.497 e. The van der Waals surface area contributed by atoms with Crippen molar-refractivity contribution in [2.24, 2.45) is 0 Å². The number of amides is 2. The number of sulfonamides is 1. The number of methoxy groups -OCH3 is 1. The van der Waals surface area contributed by atoms with Gasteiger partial charge in [-0.1, -0.05) is 30.7 Å². The van der Waals surface area contributed by atoms with Gasteiger partial charge >= 0.3 is 0 Å². The first-order valence-electron chi connectivity index (χ1n) is 11.0. The molecular formula is C24H31ClFN3O5S. The van der Waals surface area contributed by atoms with Crippen molar-refractivity contribution in [3.8, 4) is 5.75 Å². The maximum absolute atomic E-state index is 13.7. The molecule has 0 aliphatic carbocycles. The highest BCUT2D eigenvalue weighted by molar-refractivity contribution is 7.92. The summed E-state index contributed by atoms with van der Waals surface area (Å²) in [5.74, 6) is -1.13. The van der Waals surface area contributed by atoms with E-state index in [1.165, 1.54) is 18.1 Å². The molecular weight excluding hydrogens is 497 g/mol. The minimum atomic E-state index is -3.94. The maximum Gasteiger partial charge on any atom is 0.244 e. The van der Waals surface area contributed by atoms with E-state index in [2.05, 4.69) is 5.32 Å². The van der Waals surface area contributed by atoms with Crippen LogP contribution in [-0.2, 0) is 26.2 Å². The van der Waals surface area contributed by atoms with Crippen LogP contribution in [-0.4, -0.2) is 57.1 Å². The van der Waals surface area contributed by atoms with Crippen molar-refractivity contribution >= 4 is 39.1 Å². The number of nitrogens with zero attached hydrogens (tertiary/aromatic N) is 2. The summed E-state index contributed by atoms with van der Waals surface area (Å²) in [7, 11) is -2.43. The highest BCUT2D eigenvalue weighted by atomic mass is 35.5. The van der Waals surface area contributed by atoms with Crippen LogP contribution in [0.15, 0.2) is 42.5 Å². The number of nitrogens with one attached hydrogen (secondary N) is 1. The monoisotopic (exact) mass is 527 g/mol. The molecule has 2 atom stereocenters. The fraction of sp³-hybridized carbons (Fsp3) is 0.417. The van der Waals surface area contributed by atoms with Crippen LogP contribution in [0, 0.1) is 5.82 Å². The summed E-state index contributed by atoms with van der Waals surface area (Å²) in [6.07, 6.45) is 1.64. The molecule has 2 amide bonds. The molecule has 0 saturated carbocycles. The van der Waals surface area contributed by atoms with Gasteiger partial charge < -0.3 is 15.0 Å². The van der Waals surface area contributed by atoms with Crippen molar-refractivity contribution in [3.63, 3.8) is 0 Å². The molecule has 0 radical (unpaired) electrons. The summed E-state index contributed by atoms with van der Waals surface area (Å²) in [6, 6.07) is 9.38. The fourth-order valence-corrected chi connectivity index (χ4v) is 4.29. The van der Waals surface area contributed by atoms with E-state index in [-0.39, 0.29) is 29.2 Å². The lowest BCUT2D eigenvalue weighted by Gasteiger charge is -2.32. The Kier molecular flexibility index (Phi) is 9.91. The van der Waals surface area contributed by atoms with Gasteiger partial charge in [-0.3, -0.25) is 13.9 Å². The maximum atomic E-state index is 13.7. The van der Waals surface area contributed by atoms with Crippen molar-refractivity contribution in [3.05, 3.63) is 58.9 Å². The Balaban J connectivity index is 2.42. The van der Waals surface area contributed by atoms with Crippen molar-refractivity contribution in [2.45, 2.75) is 45.8 Å². The lowest BCUT2D eigenvalue weighted by molar-refractivity contribution is -0.139. The quantitative estimate of drug-likeness (QED) is 0.482. The van der Waals surface area contributed by atoms with E-state index in [1.807, 2.05) is 13.8 Å². The molecule has 8 nitrogen and oxygen atoms in total. The number of ether oxygens (including phenoxy) is 1. The molecule has 0 heterocycles. The first kappa shape index (κ1) is 28.4. The molecule has 11 heteroatoms. The first-order chi connectivity index (χ1) is 16.4. The third-order valence-corrected chi connectivity index (χ3v) is 6.96. The molecule has 35 heavy (non-hydrogen) atoms. The van der Waals surface area contributed by atoms with Gasteiger partial charge in [-0.25, -0.2) is 12.8 Å². The van der Waals surface area contributed by atoms with Crippen molar-refractivity contribution in [1.29, 1.82) is 0 Å². The molecule has 0 saturated heterocycles. The van der Waals surface area contributed by atoms with E-state index < -0.39 is 34.3 Å². The third-order valence-electron chi connectivity index (χ3n) is 5.53. The van der Waals surface area contributed by atoms with Crippen LogP contribution in [0.2, 0.25) is 5.02 Å². The van der Waals surface area contributed by atoms with E-state index in [9.17, 15) is 22.4 Å². The zero-order valence-electron chi connectivity index (χ0n) is 20.4. The summed E-state index contributed by atoms with van der Waals surface area (Å²) in [6.45, 7) is 4.78. The molecule has 0 fully saturated rings. The van der Waals surface area contributed by atoms with Crippen LogP contribution in [0.25, 0.3) is 0 Å². The predicted molar refractivity (Wildman–Crippen MR) is 135 cm³/mol. The summed E-state index contributed by atoms with van der Waals surface area (Å²) in [5, 5.41) is 2.57. The van der Waals surface area contributed by atoms with Crippen LogP contribution in [0.5, 0.6) is 5.75 Å². The second-order valence-electron chi connectivity index (χ2n) is 8.24. The SMILES string of the molecule is CC[C@@H](C)NC(=O)[C@@H](C)N(Cc1cccc(OC)c1)C(=O)CN(c1ccc(F)c(Cl)c1)S(C)(=O)=O. The number of carbonyl (C=O) groups excluding carboxylic acids is 2. The van der Waals surface area contributed by atoms with Gasteiger partial charge in [0.25, 0.3) is 0 Å². The average molecular weight is 528 g/mol. The number of carbonyl (C=O) groups is 2. The summed E-state index contributed by atoms with van der Waals surface area (Å²) < 4.78 is 44.8. The van der Waals surface area contributed by atoms with E-state index in [1.54, 1.807) is 31.2 Å². The molecule has 0 unspecified atom stereocenters. The molecule has 0 aromatic heterocycles. The minimum absolute atomic E-state index is 0.0327. The van der Waals surface area contributed by atoms with Crippen LogP contribution in [0.4, 0.5) is 10.1 Å². The predicted octanol–water partition coefficient (Wildman–Crippen LogP) is 3.59. The van der Waals surface area contributed by atoms with E-state index >= 15 is 0 Å². The largest absolute Gasteiger partial charge is 0.497 e. The Labute approximate surface area is 211 Å². The zero-order valence-corrected chi connectivity index (χ0v) is 22.0. The average Bonchev–Trinajstić information content (AvgIpc) is 2.81. The Morgan fingerprint density at radius 2 is 1.86 bits per heavy atom. The van der Waals surface area contributed by atoms with Crippen molar-refractivity contribution < 1.29 is 27.1 Å². The van der Waals surface area contributed by atoms with Crippen LogP contribution >= 0.6 is 11.6 Å². The van der Waals surface area contributed by atoms with Crippen LogP contribution in [0.3, 0.4) is 0 Å². The standard InChI is InChI=1S/C24H31ClFN3O5S/c1-6-16(2)27-24(31)17(3)28(14-18-8-7-9-20(12-18)34-4)23(30)15-29(35(5,32)33)19-10-11-22(26)21(25)13-19/h7-13,16-17H,6,14-15H2,1-5H3,(H,27,31)/t16-,17-/m1/s1. The van der Waals surface area contributed by atoms with Gasteiger partial charge in [-0.05, 0) is 56.2 Å². The molecule has 2 rings (SSSR count). The van der Waals surface area contributed by atoms with E-state index in [0.29, 0.717) is 17.7 Å². The molecule has 1 N–H and O–H groups in total. The van der Waals surface area contributed by atoms with Gasteiger partial charge in [0.1, 0.15) is 24.2 Å². The van der Waals surface area contributed by atoms with Gasteiger partial charge in [-0.15, -0.1) is 0 Å². The van der Waals surface area contributed by atoms with Gasteiger partial charge in [0.15, 0.2) is 0 Å². The number of hydrogen-bond acceptors (Lipinski definition) is 5. The highest BCUT2D eigenvalue weighted by Crippen LogP contribution is 2.25. The number of halogens is 2. The second kappa shape index (κ2) is 12.2. The third kappa shape index (κ3) is 7.83. The molecule has 2 aromatic carbocycles. The van der Waals surface area contributed by atoms with Crippen molar-refractivity contribution in [1.82, 2.24) is 10.2 Å². The Hall–Kier alpha value is -2.85. The first-order valence-corrected chi connectivity index (χ1v) is 13.3. The van der Waals surface area contributed by atoms with Crippen LogP contribution in [0.1, 0.15) is 32.8 Å². The fourth-order valence-electron chi connectivity index (χ4n) is 3.27. The highest BCUT2D eigenvalue weighted by Gasteiger charge is 2.30. The molecule has 192 valence electrons.